The van der Waals surface area contributed by atoms with Crippen molar-refractivity contribution in [3.8, 4) is 5.75 Å². The van der Waals surface area contributed by atoms with Gasteiger partial charge in [-0.3, -0.25) is 0 Å². The van der Waals surface area contributed by atoms with Gasteiger partial charge >= 0.3 is 0 Å². The summed E-state index contributed by atoms with van der Waals surface area (Å²) in [6.07, 6.45) is 0. The molecule has 1 aromatic heterocycles. The molecule has 1 heterocycles. The monoisotopic (exact) mass is 317 g/mol. The van der Waals surface area contributed by atoms with Crippen molar-refractivity contribution in [2.75, 3.05) is 6.61 Å². The first-order chi connectivity index (χ1) is 9.26. The van der Waals surface area contributed by atoms with Gasteiger partial charge in [-0.2, -0.15) is 0 Å². The van der Waals surface area contributed by atoms with Crippen LogP contribution in [0.3, 0.4) is 0 Å². The second-order valence-corrected chi connectivity index (χ2v) is 5.35. The van der Waals surface area contributed by atoms with E-state index in [2.05, 4.69) is 63.8 Å². The van der Waals surface area contributed by atoms with Gasteiger partial charge in [0.2, 0.25) is 0 Å². The van der Waals surface area contributed by atoms with Crippen molar-refractivity contribution in [3.63, 3.8) is 0 Å². The Labute approximate surface area is 121 Å². The molecular formula is C16H16BrNO. The van der Waals surface area contributed by atoms with Crippen LogP contribution in [0, 0.1) is 0 Å². The molecule has 3 aromatic rings. The van der Waals surface area contributed by atoms with E-state index in [4.69, 9.17) is 4.74 Å². The number of benzene rings is 2. The molecule has 2 aromatic carbocycles. The molecule has 0 bridgehead atoms. The molecule has 19 heavy (non-hydrogen) atoms. The molecule has 0 unspecified atom stereocenters. The third kappa shape index (κ3) is 1.93. The molecule has 0 aliphatic heterocycles. The van der Waals surface area contributed by atoms with Crippen LogP contribution in [0.15, 0.2) is 40.9 Å². The van der Waals surface area contributed by atoms with Crippen LogP contribution in [0.25, 0.3) is 21.8 Å². The summed E-state index contributed by atoms with van der Waals surface area (Å²) in [5, 5.41) is 2.57. The van der Waals surface area contributed by atoms with Crippen molar-refractivity contribution in [1.29, 1.82) is 0 Å². The van der Waals surface area contributed by atoms with Gasteiger partial charge in [-0.05, 0) is 41.9 Å². The Hall–Kier alpha value is -1.48. The van der Waals surface area contributed by atoms with Gasteiger partial charge in [-0.25, -0.2) is 0 Å². The van der Waals surface area contributed by atoms with E-state index >= 15 is 0 Å². The largest absolute Gasteiger partial charge is 0.493 e. The molecule has 0 spiro atoms. The first-order valence-electron chi connectivity index (χ1n) is 6.59. The van der Waals surface area contributed by atoms with Crippen molar-refractivity contribution in [2.45, 2.75) is 20.4 Å². The lowest BCUT2D eigenvalue weighted by Gasteiger charge is -2.08. The van der Waals surface area contributed by atoms with Gasteiger partial charge in [0.15, 0.2) is 0 Å². The van der Waals surface area contributed by atoms with Crippen LogP contribution in [0.4, 0.5) is 0 Å². The molecule has 3 heteroatoms. The van der Waals surface area contributed by atoms with Gasteiger partial charge in [0, 0.05) is 28.9 Å². The van der Waals surface area contributed by atoms with Gasteiger partial charge in [-0.15, -0.1) is 0 Å². The molecule has 0 fully saturated rings. The highest BCUT2D eigenvalue weighted by Gasteiger charge is 2.12. The third-order valence-electron chi connectivity index (χ3n) is 3.44. The number of aromatic nitrogens is 1. The Bertz CT molecular complexity index is 745. The SMILES string of the molecule is CCOc1cc2c(cc1Br)c1ccccc1n2CC. The van der Waals surface area contributed by atoms with Gasteiger partial charge in [-0.1, -0.05) is 18.2 Å². The van der Waals surface area contributed by atoms with Gasteiger partial charge in [0.25, 0.3) is 0 Å². The first kappa shape index (κ1) is 12.5. The predicted molar refractivity (Wildman–Crippen MR) is 84.0 cm³/mol. The van der Waals surface area contributed by atoms with Crippen molar-refractivity contribution < 1.29 is 4.74 Å². The van der Waals surface area contributed by atoms with E-state index in [1.165, 1.54) is 21.8 Å². The normalized spacial score (nSPS) is 11.3. The Morgan fingerprint density at radius 2 is 1.84 bits per heavy atom. The molecule has 2 nitrogen and oxygen atoms in total. The average molecular weight is 318 g/mol. The highest BCUT2D eigenvalue weighted by Crippen LogP contribution is 2.36. The number of hydrogen-bond acceptors (Lipinski definition) is 1. The number of fused-ring (bicyclic) bond motifs is 3. The Morgan fingerprint density at radius 1 is 1.05 bits per heavy atom. The zero-order valence-electron chi connectivity index (χ0n) is 11.1. The Kier molecular flexibility index (Phi) is 3.23. The molecule has 0 aliphatic rings. The summed E-state index contributed by atoms with van der Waals surface area (Å²) in [5.41, 5.74) is 2.51. The number of rotatable bonds is 3. The number of hydrogen-bond donors (Lipinski definition) is 0. The second-order valence-electron chi connectivity index (χ2n) is 4.49. The third-order valence-corrected chi connectivity index (χ3v) is 4.06. The number of aryl methyl sites for hydroxylation is 1. The fourth-order valence-corrected chi connectivity index (χ4v) is 3.11. The van der Waals surface area contributed by atoms with Crippen LogP contribution in [0.5, 0.6) is 5.75 Å². The van der Waals surface area contributed by atoms with Crippen LogP contribution in [-0.4, -0.2) is 11.2 Å². The Balaban J connectivity index is 2.41. The lowest BCUT2D eigenvalue weighted by atomic mass is 10.1. The minimum atomic E-state index is 0.677. The number of ether oxygens (including phenoxy) is 1. The number of halogens is 1. The quantitative estimate of drug-likeness (QED) is 0.664. The van der Waals surface area contributed by atoms with E-state index in [0.29, 0.717) is 6.61 Å². The molecule has 0 radical (unpaired) electrons. The van der Waals surface area contributed by atoms with Gasteiger partial charge in [0.05, 0.1) is 16.6 Å². The molecule has 0 saturated carbocycles. The molecule has 3 rings (SSSR count). The summed E-state index contributed by atoms with van der Waals surface area (Å²) in [7, 11) is 0. The maximum atomic E-state index is 5.68. The molecular weight excluding hydrogens is 302 g/mol. The van der Waals surface area contributed by atoms with E-state index in [1.54, 1.807) is 0 Å². The van der Waals surface area contributed by atoms with Crippen LogP contribution in [0.2, 0.25) is 0 Å². The zero-order valence-corrected chi connectivity index (χ0v) is 12.7. The topological polar surface area (TPSA) is 14.2 Å². The summed E-state index contributed by atoms with van der Waals surface area (Å²) in [6.45, 7) is 5.81. The number of para-hydroxylation sites is 1. The van der Waals surface area contributed by atoms with Crippen molar-refractivity contribution in [1.82, 2.24) is 4.57 Å². The minimum absolute atomic E-state index is 0.677. The van der Waals surface area contributed by atoms with Crippen molar-refractivity contribution in [2.24, 2.45) is 0 Å². The summed E-state index contributed by atoms with van der Waals surface area (Å²) < 4.78 is 9.03. The van der Waals surface area contributed by atoms with E-state index in [1.807, 2.05) is 6.92 Å². The van der Waals surface area contributed by atoms with Crippen LogP contribution in [0.1, 0.15) is 13.8 Å². The summed E-state index contributed by atoms with van der Waals surface area (Å²) >= 11 is 3.60. The van der Waals surface area contributed by atoms with Crippen molar-refractivity contribution >= 4 is 37.7 Å². The maximum absolute atomic E-state index is 5.68. The molecule has 98 valence electrons. The van der Waals surface area contributed by atoms with E-state index in [9.17, 15) is 0 Å². The lowest BCUT2D eigenvalue weighted by molar-refractivity contribution is 0.338. The molecule has 0 saturated heterocycles. The summed E-state index contributed by atoms with van der Waals surface area (Å²) in [5.74, 6) is 0.910. The molecule has 0 N–H and O–H groups in total. The lowest BCUT2D eigenvalue weighted by Crippen LogP contribution is -1.95. The van der Waals surface area contributed by atoms with E-state index in [-0.39, 0.29) is 0 Å². The zero-order chi connectivity index (χ0) is 13.4. The summed E-state index contributed by atoms with van der Waals surface area (Å²) in [6, 6.07) is 12.8. The first-order valence-corrected chi connectivity index (χ1v) is 7.38. The van der Waals surface area contributed by atoms with Gasteiger partial charge < -0.3 is 9.30 Å². The smallest absolute Gasteiger partial charge is 0.135 e. The summed E-state index contributed by atoms with van der Waals surface area (Å²) in [4.78, 5) is 0. The minimum Gasteiger partial charge on any atom is -0.493 e. The average Bonchev–Trinajstić information content (AvgIpc) is 2.73. The Morgan fingerprint density at radius 3 is 2.58 bits per heavy atom. The second kappa shape index (κ2) is 4.89. The number of nitrogens with zero attached hydrogens (tertiary/aromatic N) is 1. The predicted octanol–water partition coefficient (Wildman–Crippen LogP) is 4.98. The maximum Gasteiger partial charge on any atom is 0.135 e. The van der Waals surface area contributed by atoms with Crippen LogP contribution in [-0.2, 0) is 6.54 Å². The standard InChI is InChI=1S/C16H16BrNO/c1-3-18-14-8-6-5-7-11(14)12-9-13(17)16(19-4-2)10-15(12)18/h5-10H,3-4H2,1-2H3. The highest BCUT2D eigenvalue weighted by atomic mass is 79.9. The van der Waals surface area contributed by atoms with Crippen LogP contribution < -0.4 is 4.74 Å². The van der Waals surface area contributed by atoms with E-state index < -0.39 is 0 Å². The fourth-order valence-electron chi connectivity index (χ4n) is 2.66. The fraction of sp³-hybridized carbons (Fsp3) is 0.250. The molecule has 0 aliphatic carbocycles. The highest BCUT2D eigenvalue weighted by molar-refractivity contribution is 9.10. The van der Waals surface area contributed by atoms with Gasteiger partial charge in [0.1, 0.15) is 5.75 Å². The molecule has 0 atom stereocenters. The van der Waals surface area contributed by atoms with Crippen molar-refractivity contribution in [3.05, 3.63) is 40.9 Å². The molecule has 0 amide bonds. The van der Waals surface area contributed by atoms with Crippen LogP contribution >= 0.6 is 15.9 Å². The van der Waals surface area contributed by atoms with E-state index in [0.717, 1.165) is 16.8 Å².